The predicted molar refractivity (Wildman–Crippen MR) is 122 cm³/mol. The van der Waals surface area contributed by atoms with Crippen molar-refractivity contribution in [2.75, 3.05) is 17.9 Å². The van der Waals surface area contributed by atoms with Gasteiger partial charge in [0.15, 0.2) is 5.82 Å². The molecule has 1 saturated heterocycles. The van der Waals surface area contributed by atoms with E-state index in [2.05, 4.69) is 26.7 Å². The lowest BCUT2D eigenvalue weighted by atomic mass is 9.89. The molecule has 6 nitrogen and oxygen atoms in total. The largest absolute Gasteiger partial charge is 0.493 e. The third-order valence-corrected chi connectivity index (χ3v) is 8.12. The average Bonchev–Trinajstić information content (AvgIpc) is 3.31. The van der Waals surface area contributed by atoms with Gasteiger partial charge in [-0.05, 0) is 31.0 Å². The molecule has 5 rings (SSSR count). The zero-order valence-electron chi connectivity index (χ0n) is 17.4. The molecule has 0 radical (unpaired) electrons. The molecule has 2 aliphatic heterocycles. The van der Waals surface area contributed by atoms with Crippen LogP contribution in [0.25, 0.3) is 0 Å². The molecule has 32 heavy (non-hydrogen) atoms. The van der Waals surface area contributed by atoms with E-state index in [0.29, 0.717) is 17.9 Å². The van der Waals surface area contributed by atoms with E-state index >= 15 is 4.39 Å². The van der Waals surface area contributed by atoms with Gasteiger partial charge in [0.1, 0.15) is 16.5 Å². The van der Waals surface area contributed by atoms with Gasteiger partial charge in [-0.1, -0.05) is 36.8 Å². The number of fused-ring (bicyclic) bond motifs is 1. The summed E-state index contributed by atoms with van der Waals surface area (Å²) in [5.41, 5.74) is 3.48. The standard InChI is InChI=1S/C23H24FN3O3S2/c24-18-12-17-20(27-10-5-4-8-19(27)16-6-2-1-3-7-16)9-11-30-21(17)13-22(18)32(28,29)26-23-14-31-15-25-23/h1-3,6-7,12-15,19-20,26H,4-5,8-11H2/t19-,20-/m0/s1. The second kappa shape index (κ2) is 8.80. The molecule has 1 fully saturated rings. The number of benzene rings is 2. The van der Waals surface area contributed by atoms with Gasteiger partial charge in [0.2, 0.25) is 0 Å². The lowest BCUT2D eigenvalue weighted by Crippen LogP contribution is -2.39. The molecule has 0 bridgehead atoms. The zero-order valence-corrected chi connectivity index (χ0v) is 19.0. The zero-order chi connectivity index (χ0) is 22.1. The van der Waals surface area contributed by atoms with Crippen molar-refractivity contribution in [2.45, 2.75) is 42.7 Å². The first-order valence-corrected chi connectivity index (χ1v) is 13.1. The van der Waals surface area contributed by atoms with Gasteiger partial charge in [0.25, 0.3) is 10.0 Å². The first-order chi connectivity index (χ1) is 15.5. The fourth-order valence-corrected chi connectivity index (χ4v) is 6.37. The van der Waals surface area contributed by atoms with Crippen LogP contribution < -0.4 is 9.46 Å². The second-order valence-electron chi connectivity index (χ2n) is 8.11. The number of piperidine rings is 1. The van der Waals surface area contributed by atoms with E-state index in [0.717, 1.165) is 32.2 Å². The van der Waals surface area contributed by atoms with Gasteiger partial charge in [-0.3, -0.25) is 9.62 Å². The Bertz CT molecular complexity index is 1190. The van der Waals surface area contributed by atoms with Crippen molar-refractivity contribution < 1.29 is 17.5 Å². The van der Waals surface area contributed by atoms with E-state index in [1.54, 1.807) is 5.38 Å². The Balaban J connectivity index is 1.49. The Hall–Kier alpha value is -2.49. The topological polar surface area (TPSA) is 71.5 Å². The van der Waals surface area contributed by atoms with Gasteiger partial charge in [0.05, 0.1) is 12.1 Å². The van der Waals surface area contributed by atoms with E-state index in [1.807, 2.05) is 18.2 Å². The van der Waals surface area contributed by atoms with E-state index in [-0.39, 0.29) is 17.9 Å². The number of likely N-dealkylation sites (tertiary alicyclic amines) is 1. The number of nitrogens with one attached hydrogen (secondary N) is 1. The Labute approximate surface area is 191 Å². The summed E-state index contributed by atoms with van der Waals surface area (Å²) in [7, 11) is -4.12. The number of rotatable bonds is 5. The van der Waals surface area contributed by atoms with Crippen LogP contribution in [0.4, 0.5) is 10.2 Å². The molecule has 0 amide bonds. The van der Waals surface area contributed by atoms with Crippen molar-refractivity contribution in [3.63, 3.8) is 0 Å². The lowest BCUT2D eigenvalue weighted by molar-refractivity contribution is 0.0665. The van der Waals surface area contributed by atoms with Crippen LogP contribution in [-0.4, -0.2) is 31.5 Å². The minimum Gasteiger partial charge on any atom is -0.493 e. The van der Waals surface area contributed by atoms with Gasteiger partial charge >= 0.3 is 0 Å². The molecule has 2 aromatic carbocycles. The van der Waals surface area contributed by atoms with E-state index in [9.17, 15) is 8.42 Å². The Kier molecular flexibility index (Phi) is 5.88. The average molecular weight is 474 g/mol. The highest BCUT2D eigenvalue weighted by Crippen LogP contribution is 2.44. The third-order valence-electron chi connectivity index (χ3n) is 6.16. The summed E-state index contributed by atoms with van der Waals surface area (Å²) in [5, 5.41) is 1.56. The lowest BCUT2D eigenvalue weighted by Gasteiger charge is -2.43. The molecule has 0 spiro atoms. The number of ether oxygens (including phenoxy) is 1. The summed E-state index contributed by atoms with van der Waals surface area (Å²) in [6, 6.07) is 13.3. The summed E-state index contributed by atoms with van der Waals surface area (Å²) in [5.74, 6) is -0.182. The Morgan fingerprint density at radius 1 is 1.12 bits per heavy atom. The molecule has 1 N–H and O–H groups in total. The summed E-state index contributed by atoms with van der Waals surface area (Å²) in [6.45, 7) is 1.37. The molecule has 2 atom stereocenters. The van der Waals surface area contributed by atoms with E-state index < -0.39 is 20.7 Å². The van der Waals surface area contributed by atoms with Crippen LogP contribution in [0.2, 0.25) is 0 Å². The minimum absolute atomic E-state index is 0.0259. The normalized spacial score (nSPS) is 21.5. The van der Waals surface area contributed by atoms with Gasteiger partial charge in [-0.15, -0.1) is 11.3 Å². The summed E-state index contributed by atoms with van der Waals surface area (Å²) >= 11 is 1.25. The Morgan fingerprint density at radius 3 is 2.75 bits per heavy atom. The van der Waals surface area contributed by atoms with Crippen LogP contribution >= 0.6 is 11.3 Å². The molecule has 3 aromatic rings. The fourth-order valence-electron chi connectivity index (χ4n) is 4.74. The highest BCUT2D eigenvalue weighted by molar-refractivity contribution is 7.92. The molecule has 3 heterocycles. The van der Waals surface area contributed by atoms with Gasteiger partial charge in [0, 0.05) is 35.5 Å². The summed E-state index contributed by atoms with van der Waals surface area (Å²) in [4.78, 5) is 5.93. The van der Waals surface area contributed by atoms with Crippen molar-refractivity contribution >= 4 is 27.2 Å². The monoisotopic (exact) mass is 473 g/mol. The van der Waals surface area contributed by atoms with Crippen molar-refractivity contribution in [3.8, 4) is 5.75 Å². The smallest absolute Gasteiger partial charge is 0.266 e. The minimum atomic E-state index is -4.12. The van der Waals surface area contributed by atoms with Crippen LogP contribution in [0, 0.1) is 5.82 Å². The maximum atomic E-state index is 15.2. The second-order valence-corrected chi connectivity index (χ2v) is 10.5. The van der Waals surface area contributed by atoms with Crippen molar-refractivity contribution in [1.29, 1.82) is 0 Å². The highest BCUT2D eigenvalue weighted by Gasteiger charge is 2.35. The van der Waals surface area contributed by atoms with Crippen LogP contribution in [0.5, 0.6) is 5.75 Å². The number of thiazole rings is 1. The number of hydrogen-bond acceptors (Lipinski definition) is 6. The van der Waals surface area contributed by atoms with Crippen LogP contribution in [-0.2, 0) is 10.0 Å². The molecule has 0 aliphatic carbocycles. The molecule has 9 heteroatoms. The molecular weight excluding hydrogens is 449 g/mol. The van der Waals surface area contributed by atoms with Gasteiger partial charge in [-0.25, -0.2) is 17.8 Å². The van der Waals surface area contributed by atoms with E-state index in [4.69, 9.17) is 4.74 Å². The fraction of sp³-hybridized carbons (Fsp3) is 0.348. The summed E-state index contributed by atoms with van der Waals surface area (Å²) in [6.07, 6.45) is 4.02. The Morgan fingerprint density at radius 2 is 1.97 bits per heavy atom. The highest BCUT2D eigenvalue weighted by atomic mass is 32.2. The molecule has 168 valence electrons. The van der Waals surface area contributed by atoms with Crippen molar-refractivity contribution in [2.24, 2.45) is 0 Å². The molecule has 2 aliphatic rings. The molecule has 0 unspecified atom stereocenters. The quantitative estimate of drug-likeness (QED) is 0.556. The molecule has 1 aromatic heterocycles. The number of hydrogen-bond donors (Lipinski definition) is 1. The van der Waals surface area contributed by atoms with Crippen LogP contribution in [0.3, 0.4) is 0 Å². The van der Waals surface area contributed by atoms with Crippen molar-refractivity contribution in [1.82, 2.24) is 9.88 Å². The maximum Gasteiger partial charge on any atom is 0.266 e. The maximum absolute atomic E-state index is 15.2. The third kappa shape index (κ3) is 4.12. The first kappa shape index (κ1) is 21.4. The van der Waals surface area contributed by atoms with E-state index in [1.165, 1.54) is 34.5 Å². The molecular formula is C23H24FN3O3S2. The number of halogens is 1. The number of anilines is 1. The molecule has 0 saturated carbocycles. The SMILES string of the molecule is O=S(=O)(Nc1cscn1)c1cc2c(cc1F)[C@@H](N1CCCC[C@H]1c1ccccc1)CCO2. The summed E-state index contributed by atoms with van der Waals surface area (Å²) < 4.78 is 48.8. The van der Waals surface area contributed by atoms with Crippen LogP contribution in [0.1, 0.15) is 48.9 Å². The van der Waals surface area contributed by atoms with Gasteiger partial charge in [-0.2, -0.15) is 0 Å². The predicted octanol–water partition coefficient (Wildman–Crippen LogP) is 5.13. The number of aromatic nitrogens is 1. The number of nitrogens with zero attached hydrogens (tertiary/aromatic N) is 2. The first-order valence-electron chi connectivity index (χ1n) is 10.7. The van der Waals surface area contributed by atoms with Crippen LogP contribution in [0.15, 0.2) is 58.3 Å². The number of sulfonamides is 1. The van der Waals surface area contributed by atoms with Gasteiger partial charge < -0.3 is 4.74 Å². The van der Waals surface area contributed by atoms with Crippen molar-refractivity contribution in [3.05, 3.63) is 70.3 Å².